The van der Waals surface area contributed by atoms with E-state index >= 15 is 0 Å². The van der Waals surface area contributed by atoms with E-state index in [9.17, 15) is 9.59 Å². The molecule has 22 heavy (non-hydrogen) atoms. The minimum absolute atomic E-state index is 0.213. The smallest absolute Gasteiger partial charge is 0.313 e. The van der Waals surface area contributed by atoms with Crippen LogP contribution in [0.3, 0.4) is 0 Å². The number of hydrogen-bond acceptors (Lipinski definition) is 3. The first kappa shape index (κ1) is 18.4. The summed E-state index contributed by atoms with van der Waals surface area (Å²) in [5, 5.41) is 0. The first-order chi connectivity index (χ1) is 10.4. The number of esters is 1. The van der Waals surface area contributed by atoms with Crippen LogP contribution >= 0.6 is 0 Å². The van der Waals surface area contributed by atoms with Gasteiger partial charge in [0.05, 0.1) is 12.5 Å². The molecule has 1 aromatic carbocycles. The molecule has 0 radical (unpaired) electrons. The average molecular weight is 304 g/mol. The molecule has 0 spiro atoms. The maximum atomic E-state index is 12.0. The summed E-state index contributed by atoms with van der Waals surface area (Å²) in [6.07, 6.45) is 2.69. The Morgan fingerprint density at radius 2 is 1.73 bits per heavy atom. The summed E-state index contributed by atoms with van der Waals surface area (Å²) >= 11 is 0. The number of ether oxygens (including phenoxy) is 1. The highest BCUT2D eigenvalue weighted by molar-refractivity contribution is 5.78. The second kappa shape index (κ2) is 9.39. The van der Waals surface area contributed by atoms with Crippen LogP contribution in [0.1, 0.15) is 64.0 Å². The van der Waals surface area contributed by atoms with E-state index in [2.05, 4.69) is 26.0 Å². The van der Waals surface area contributed by atoms with Crippen molar-refractivity contribution in [3.63, 3.8) is 0 Å². The first-order valence-electron chi connectivity index (χ1n) is 8.21. The Bertz CT molecular complexity index is 474. The third kappa shape index (κ3) is 6.42. The number of ketones is 1. The fourth-order valence-corrected chi connectivity index (χ4v) is 2.29. The molecule has 0 aromatic heterocycles. The first-order valence-corrected chi connectivity index (χ1v) is 8.21. The van der Waals surface area contributed by atoms with Gasteiger partial charge in [-0.25, -0.2) is 0 Å². The van der Waals surface area contributed by atoms with Crippen LogP contribution in [0.2, 0.25) is 0 Å². The van der Waals surface area contributed by atoms with Crippen LogP contribution in [0.4, 0.5) is 0 Å². The Morgan fingerprint density at radius 1 is 1.09 bits per heavy atom. The maximum Gasteiger partial charge on any atom is 0.313 e. The van der Waals surface area contributed by atoms with Gasteiger partial charge in [0.25, 0.3) is 0 Å². The minimum Gasteiger partial charge on any atom is -0.465 e. The number of benzene rings is 1. The van der Waals surface area contributed by atoms with Crippen LogP contribution in [-0.2, 0) is 20.7 Å². The summed E-state index contributed by atoms with van der Waals surface area (Å²) in [4.78, 5) is 23.2. The molecule has 122 valence electrons. The molecule has 0 fully saturated rings. The van der Waals surface area contributed by atoms with E-state index in [4.69, 9.17) is 4.74 Å². The topological polar surface area (TPSA) is 43.4 Å². The molecule has 0 saturated heterocycles. The van der Waals surface area contributed by atoms with Crippen LogP contribution < -0.4 is 0 Å². The maximum absolute atomic E-state index is 12.0. The monoisotopic (exact) mass is 304 g/mol. The molecule has 1 aromatic rings. The van der Waals surface area contributed by atoms with Gasteiger partial charge in [0.15, 0.2) is 0 Å². The molecule has 0 heterocycles. The van der Waals surface area contributed by atoms with Gasteiger partial charge in [0.1, 0.15) is 5.78 Å². The number of carbonyl (C=O) groups is 2. The number of hydrogen-bond donors (Lipinski definition) is 0. The average Bonchev–Trinajstić information content (AvgIpc) is 2.50. The van der Waals surface area contributed by atoms with Crippen molar-refractivity contribution < 1.29 is 14.3 Å². The van der Waals surface area contributed by atoms with Crippen molar-refractivity contribution in [3.8, 4) is 0 Å². The number of rotatable bonds is 9. The lowest BCUT2D eigenvalue weighted by Gasteiger charge is -2.13. The van der Waals surface area contributed by atoms with Crippen molar-refractivity contribution >= 4 is 11.8 Å². The van der Waals surface area contributed by atoms with Crippen molar-refractivity contribution in [2.75, 3.05) is 6.61 Å². The van der Waals surface area contributed by atoms with Crippen LogP contribution in [0.15, 0.2) is 24.3 Å². The van der Waals surface area contributed by atoms with Gasteiger partial charge in [-0.2, -0.15) is 0 Å². The Morgan fingerprint density at radius 3 is 2.27 bits per heavy atom. The SMILES string of the molecule is CCC(=O)CCCOC(=O)C(C)c1ccc(CC(C)C)cc1. The largest absolute Gasteiger partial charge is 0.465 e. The lowest BCUT2D eigenvalue weighted by Crippen LogP contribution is -2.14. The predicted octanol–water partition coefficient (Wildman–Crippen LogP) is 4.29. The highest BCUT2D eigenvalue weighted by atomic mass is 16.5. The fourth-order valence-electron chi connectivity index (χ4n) is 2.29. The van der Waals surface area contributed by atoms with E-state index in [1.165, 1.54) is 5.56 Å². The zero-order valence-corrected chi connectivity index (χ0v) is 14.2. The molecule has 1 atom stereocenters. The zero-order chi connectivity index (χ0) is 16.5. The predicted molar refractivity (Wildman–Crippen MR) is 88.9 cm³/mol. The summed E-state index contributed by atoms with van der Waals surface area (Å²) in [5.74, 6) is 0.347. The van der Waals surface area contributed by atoms with Crippen LogP contribution in [0.5, 0.6) is 0 Å². The van der Waals surface area contributed by atoms with Gasteiger partial charge in [0.2, 0.25) is 0 Å². The summed E-state index contributed by atoms with van der Waals surface area (Å²) in [5.41, 5.74) is 2.26. The second-order valence-electron chi connectivity index (χ2n) is 6.22. The fraction of sp³-hybridized carbons (Fsp3) is 0.579. The van der Waals surface area contributed by atoms with Crippen molar-refractivity contribution in [1.82, 2.24) is 0 Å². The molecule has 1 rings (SSSR count). The summed E-state index contributed by atoms with van der Waals surface area (Å²) < 4.78 is 5.26. The third-order valence-corrected chi connectivity index (χ3v) is 3.72. The highest BCUT2D eigenvalue weighted by Crippen LogP contribution is 2.19. The van der Waals surface area contributed by atoms with E-state index in [1.807, 2.05) is 26.0 Å². The summed E-state index contributed by atoms with van der Waals surface area (Å²) in [6.45, 7) is 8.41. The second-order valence-corrected chi connectivity index (χ2v) is 6.22. The number of carbonyl (C=O) groups excluding carboxylic acids is 2. The van der Waals surface area contributed by atoms with Gasteiger partial charge in [-0.15, -0.1) is 0 Å². The van der Waals surface area contributed by atoms with Crippen LogP contribution in [-0.4, -0.2) is 18.4 Å². The quantitative estimate of drug-likeness (QED) is 0.505. The molecule has 0 saturated carbocycles. The standard InChI is InChI=1S/C19H28O3/c1-5-18(20)7-6-12-22-19(21)15(4)17-10-8-16(9-11-17)13-14(2)3/h8-11,14-15H,5-7,12-13H2,1-4H3. The zero-order valence-electron chi connectivity index (χ0n) is 14.2. The molecule has 0 bridgehead atoms. The summed E-state index contributed by atoms with van der Waals surface area (Å²) in [7, 11) is 0. The normalized spacial score (nSPS) is 12.2. The van der Waals surface area contributed by atoms with Gasteiger partial charge in [-0.1, -0.05) is 45.0 Å². The molecule has 3 nitrogen and oxygen atoms in total. The Labute approximate surface area is 134 Å². The van der Waals surface area contributed by atoms with Crippen molar-refractivity contribution in [2.24, 2.45) is 5.92 Å². The Balaban J connectivity index is 2.44. The summed E-state index contributed by atoms with van der Waals surface area (Å²) in [6, 6.07) is 8.17. The minimum atomic E-state index is -0.269. The van der Waals surface area contributed by atoms with Gasteiger partial charge in [-0.3, -0.25) is 9.59 Å². The van der Waals surface area contributed by atoms with Crippen molar-refractivity contribution in [2.45, 2.75) is 59.3 Å². The van der Waals surface area contributed by atoms with E-state index in [-0.39, 0.29) is 17.7 Å². The van der Waals surface area contributed by atoms with Crippen LogP contribution in [0, 0.1) is 5.92 Å². The molecule has 3 heteroatoms. The lowest BCUT2D eigenvalue weighted by molar-refractivity contribution is -0.145. The molecule has 0 aliphatic rings. The van der Waals surface area contributed by atoms with Crippen molar-refractivity contribution in [1.29, 1.82) is 0 Å². The molecule has 0 aliphatic heterocycles. The third-order valence-electron chi connectivity index (χ3n) is 3.72. The van der Waals surface area contributed by atoms with Gasteiger partial charge in [0, 0.05) is 12.8 Å². The Kier molecular flexibility index (Phi) is 7.86. The van der Waals surface area contributed by atoms with Crippen LogP contribution in [0.25, 0.3) is 0 Å². The van der Waals surface area contributed by atoms with Gasteiger partial charge >= 0.3 is 5.97 Å². The van der Waals surface area contributed by atoms with E-state index < -0.39 is 0 Å². The van der Waals surface area contributed by atoms with Crippen molar-refractivity contribution in [3.05, 3.63) is 35.4 Å². The molecule has 0 N–H and O–H groups in total. The molecule has 0 amide bonds. The van der Waals surface area contributed by atoms with E-state index in [0.29, 0.717) is 31.8 Å². The number of Topliss-reactive ketones (excluding diaryl/α,β-unsaturated/α-hetero) is 1. The molecule has 1 unspecified atom stereocenters. The highest BCUT2D eigenvalue weighted by Gasteiger charge is 2.16. The van der Waals surface area contributed by atoms with E-state index in [1.54, 1.807) is 0 Å². The lowest BCUT2D eigenvalue weighted by atomic mass is 9.97. The van der Waals surface area contributed by atoms with Gasteiger partial charge < -0.3 is 4.74 Å². The molecular formula is C19H28O3. The Hall–Kier alpha value is -1.64. The van der Waals surface area contributed by atoms with E-state index in [0.717, 1.165) is 12.0 Å². The molecular weight excluding hydrogens is 276 g/mol. The molecule has 0 aliphatic carbocycles. The van der Waals surface area contributed by atoms with Gasteiger partial charge in [-0.05, 0) is 36.8 Å².